The minimum atomic E-state index is 0.278. The molecule has 0 saturated heterocycles. The van der Waals surface area contributed by atoms with E-state index in [0.29, 0.717) is 6.10 Å². The zero-order chi connectivity index (χ0) is 22.9. The molecule has 2 fully saturated rings. The summed E-state index contributed by atoms with van der Waals surface area (Å²) >= 11 is 0. The van der Waals surface area contributed by atoms with Crippen molar-refractivity contribution in [2.45, 2.75) is 112 Å². The van der Waals surface area contributed by atoms with E-state index in [1.54, 1.807) is 0 Å². The number of rotatable bonds is 8. The zero-order valence-electron chi connectivity index (χ0n) is 21.7. The second-order valence-corrected chi connectivity index (χ2v) is 10.9. The lowest BCUT2D eigenvalue weighted by molar-refractivity contribution is 0.00689. The van der Waals surface area contributed by atoms with Crippen LogP contribution in [0.4, 0.5) is 0 Å². The van der Waals surface area contributed by atoms with Gasteiger partial charge in [0.2, 0.25) is 0 Å². The van der Waals surface area contributed by atoms with E-state index in [0.717, 1.165) is 49.0 Å². The lowest BCUT2D eigenvalue weighted by Gasteiger charge is -2.49. The summed E-state index contributed by atoms with van der Waals surface area (Å²) in [6.45, 7) is 20.0. The Kier molecular flexibility index (Phi) is 11.1. The van der Waals surface area contributed by atoms with Crippen LogP contribution in [-0.2, 0) is 4.74 Å². The van der Waals surface area contributed by atoms with Crippen LogP contribution in [0.5, 0.6) is 0 Å². The second kappa shape index (κ2) is 13.0. The van der Waals surface area contributed by atoms with E-state index in [1.165, 1.54) is 56.9 Å². The fraction of sp³-hybridized carbons (Fsp3) is 0.800. The predicted octanol–water partition coefficient (Wildman–Crippen LogP) is 9.16. The van der Waals surface area contributed by atoms with Gasteiger partial charge in [-0.1, -0.05) is 104 Å². The molecule has 178 valence electrons. The van der Waals surface area contributed by atoms with E-state index < -0.39 is 0 Å². The molecule has 31 heavy (non-hydrogen) atoms. The van der Waals surface area contributed by atoms with Gasteiger partial charge in [0.1, 0.15) is 0 Å². The molecule has 2 saturated carbocycles. The highest BCUT2D eigenvalue weighted by atomic mass is 16.5. The van der Waals surface area contributed by atoms with Crippen LogP contribution < -0.4 is 0 Å². The highest BCUT2D eigenvalue weighted by Gasteiger charge is 2.45. The Bertz CT molecular complexity index is 587. The van der Waals surface area contributed by atoms with Gasteiger partial charge in [0.05, 0.1) is 12.7 Å². The summed E-state index contributed by atoms with van der Waals surface area (Å²) in [7, 11) is 0. The average molecular weight is 429 g/mol. The molecule has 0 N–H and O–H groups in total. The van der Waals surface area contributed by atoms with Crippen molar-refractivity contribution in [3.05, 3.63) is 36.5 Å². The fourth-order valence-electron chi connectivity index (χ4n) is 6.73. The van der Waals surface area contributed by atoms with Crippen molar-refractivity contribution >= 4 is 0 Å². The SMILES string of the molecule is C=C1CC(OC/C=C\C=C/CC)CCC1(C)C1CCC(C)C(CC)CCC(C)C1CC. The molecule has 1 nitrogen and oxygen atoms in total. The Hall–Kier alpha value is -0.820. The van der Waals surface area contributed by atoms with Crippen LogP contribution in [0.1, 0.15) is 106 Å². The van der Waals surface area contributed by atoms with E-state index >= 15 is 0 Å². The molecule has 0 spiro atoms. The van der Waals surface area contributed by atoms with Crippen LogP contribution in [0, 0.1) is 35.0 Å². The summed E-state index contributed by atoms with van der Waals surface area (Å²) in [6, 6.07) is 0. The van der Waals surface area contributed by atoms with Crippen molar-refractivity contribution in [3.8, 4) is 0 Å². The Labute approximate surface area is 194 Å². The van der Waals surface area contributed by atoms with Crippen LogP contribution in [0.15, 0.2) is 36.5 Å². The standard InChI is InChI=1S/C30H52O/c1-8-11-12-13-14-21-31-27-19-20-30(7,25(6)22-27)29-18-16-23(4)26(9-2)17-15-24(5)28(29)10-3/h11-14,23-24,26-29H,6,8-10,15-22H2,1-5,7H3/b12-11-,14-13-. The van der Waals surface area contributed by atoms with Crippen LogP contribution in [0.2, 0.25) is 0 Å². The molecule has 2 aliphatic rings. The third-order valence-corrected chi connectivity index (χ3v) is 9.11. The lowest BCUT2D eigenvalue weighted by Crippen LogP contribution is -2.41. The molecule has 1 heteroatoms. The van der Waals surface area contributed by atoms with Crippen molar-refractivity contribution in [3.63, 3.8) is 0 Å². The van der Waals surface area contributed by atoms with Crippen LogP contribution in [0.3, 0.4) is 0 Å². The molecule has 7 atom stereocenters. The molecule has 2 rings (SSSR count). The molecule has 7 unspecified atom stereocenters. The Balaban J connectivity index is 2.06. The van der Waals surface area contributed by atoms with E-state index in [4.69, 9.17) is 4.74 Å². The number of allylic oxidation sites excluding steroid dienone is 3. The molecule has 2 aliphatic carbocycles. The third kappa shape index (κ3) is 7.08. The van der Waals surface area contributed by atoms with Crippen molar-refractivity contribution in [1.82, 2.24) is 0 Å². The van der Waals surface area contributed by atoms with Gasteiger partial charge in [0.25, 0.3) is 0 Å². The minimum Gasteiger partial charge on any atom is -0.374 e. The summed E-state index contributed by atoms with van der Waals surface area (Å²) < 4.78 is 6.22. The smallest absolute Gasteiger partial charge is 0.0654 e. The van der Waals surface area contributed by atoms with E-state index in [9.17, 15) is 0 Å². The first-order valence-electron chi connectivity index (χ1n) is 13.5. The van der Waals surface area contributed by atoms with Gasteiger partial charge in [-0.2, -0.15) is 0 Å². The van der Waals surface area contributed by atoms with Crippen molar-refractivity contribution in [2.24, 2.45) is 35.0 Å². The summed E-state index contributed by atoms with van der Waals surface area (Å²) in [4.78, 5) is 0. The molecule has 0 heterocycles. The normalized spacial score (nSPS) is 38.3. The Morgan fingerprint density at radius 2 is 1.65 bits per heavy atom. The third-order valence-electron chi connectivity index (χ3n) is 9.11. The molecular weight excluding hydrogens is 376 g/mol. The Morgan fingerprint density at radius 1 is 0.935 bits per heavy atom. The maximum atomic E-state index is 6.22. The maximum Gasteiger partial charge on any atom is 0.0654 e. The molecule has 0 aromatic heterocycles. The second-order valence-electron chi connectivity index (χ2n) is 10.9. The summed E-state index contributed by atoms with van der Waals surface area (Å²) in [5.41, 5.74) is 1.74. The Morgan fingerprint density at radius 3 is 2.29 bits per heavy atom. The lowest BCUT2D eigenvalue weighted by atomic mass is 9.57. The maximum absolute atomic E-state index is 6.22. The van der Waals surface area contributed by atoms with Gasteiger partial charge in [0, 0.05) is 0 Å². The van der Waals surface area contributed by atoms with Crippen molar-refractivity contribution < 1.29 is 4.74 Å². The van der Waals surface area contributed by atoms with Crippen molar-refractivity contribution in [2.75, 3.05) is 6.61 Å². The monoisotopic (exact) mass is 428 g/mol. The van der Waals surface area contributed by atoms with Gasteiger partial charge >= 0.3 is 0 Å². The van der Waals surface area contributed by atoms with E-state index in [2.05, 4.69) is 72.4 Å². The number of hydrogen-bond donors (Lipinski definition) is 0. The number of hydrogen-bond acceptors (Lipinski definition) is 1. The van der Waals surface area contributed by atoms with Gasteiger partial charge in [-0.15, -0.1) is 0 Å². The molecular formula is C30H52O. The summed E-state index contributed by atoms with van der Waals surface area (Å²) in [5.74, 6) is 4.21. The van der Waals surface area contributed by atoms with Crippen LogP contribution >= 0.6 is 0 Å². The average Bonchev–Trinajstić information content (AvgIpc) is 2.81. The quantitative estimate of drug-likeness (QED) is 0.276. The minimum absolute atomic E-state index is 0.278. The number of ether oxygens (including phenoxy) is 1. The first-order chi connectivity index (χ1) is 14.9. The van der Waals surface area contributed by atoms with Gasteiger partial charge in [-0.3, -0.25) is 0 Å². The summed E-state index contributed by atoms with van der Waals surface area (Å²) in [6.07, 6.45) is 21.7. The molecule has 0 amide bonds. The predicted molar refractivity (Wildman–Crippen MR) is 137 cm³/mol. The molecule has 0 aromatic rings. The van der Waals surface area contributed by atoms with Crippen LogP contribution in [0.25, 0.3) is 0 Å². The first-order valence-corrected chi connectivity index (χ1v) is 13.5. The van der Waals surface area contributed by atoms with Gasteiger partial charge in [-0.05, 0) is 73.5 Å². The van der Waals surface area contributed by atoms with Crippen LogP contribution in [-0.4, -0.2) is 12.7 Å². The molecule has 0 radical (unpaired) electrons. The first kappa shape index (κ1) is 26.4. The van der Waals surface area contributed by atoms with E-state index in [-0.39, 0.29) is 5.41 Å². The van der Waals surface area contributed by atoms with Crippen molar-refractivity contribution in [1.29, 1.82) is 0 Å². The molecule has 0 aromatic carbocycles. The highest BCUT2D eigenvalue weighted by molar-refractivity contribution is 5.16. The van der Waals surface area contributed by atoms with Gasteiger partial charge in [-0.25, -0.2) is 0 Å². The highest BCUT2D eigenvalue weighted by Crippen LogP contribution is 2.54. The zero-order valence-corrected chi connectivity index (χ0v) is 21.7. The summed E-state index contributed by atoms with van der Waals surface area (Å²) in [5, 5.41) is 0. The largest absolute Gasteiger partial charge is 0.374 e. The fourth-order valence-corrected chi connectivity index (χ4v) is 6.73. The topological polar surface area (TPSA) is 9.23 Å². The molecule has 0 aliphatic heterocycles. The van der Waals surface area contributed by atoms with E-state index in [1.807, 2.05) is 0 Å². The molecule has 0 bridgehead atoms. The van der Waals surface area contributed by atoms with Gasteiger partial charge in [0.15, 0.2) is 0 Å². The van der Waals surface area contributed by atoms with Gasteiger partial charge < -0.3 is 4.74 Å².